The lowest BCUT2D eigenvalue weighted by atomic mass is 9.85. The fraction of sp³-hybridized carbons (Fsp3) is 0.625. The lowest BCUT2D eigenvalue weighted by molar-refractivity contribution is -0.139. The molecule has 0 aromatic carbocycles. The number of carbonyl (C=O) groups is 1. The molecule has 1 heterocycles. The average molecular weight is 368 g/mol. The van der Waals surface area contributed by atoms with Crippen molar-refractivity contribution in [1.82, 2.24) is 14.6 Å². The van der Waals surface area contributed by atoms with Crippen molar-refractivity contribution in [2.24, 2.45) is 5.92 Å². The van der Waals surface area contributed by atoms with Crippen LogP contribution in [0, 0.1) is 5.92 Å². The Morgan fingerprint density at radius 3 is 2.60 bits per heavy atom. The minimum absolute atomic E-state index is 0.0999. The number of nitrogens with zero attached hydrogens (tertiary/aromatic N) is 2. The molecule has 9 heteroatoms. The number of hydrogen-bond donors (Lipinski definition) is 3. The number of carboxylic acid groups (broad SMARTS) is 1. The highest BCUT2D eigenvalue weighted by Crippen LogP contribution is 2.34. The molecule has 0 radical (unpaired) electrons. The molecule has 0 saturated heterocycles. The van der Waals surface area contributed by atoms with E-state index in [1.165, 1.54) is 32.2 Å². The van der Waals surface area contributed by atoms with Crippen molar-refractivity contribution in [3.63, 3.8) is 0 Å². The summed E-state index contributed by atoms with van der Waals surface area (Å²) in [6, 6.07) is 3.69. The SMILES string of the molecule is CNS(=O)(=O)c1ccc(NC2CC(N(CC(=O)O)CC3CC3)C2)nc1. The van der Waals surface area contributed by atoms with Gasteiger partial charge in [-0.05, 0) is 50.8 Å². The Morgan fingerprint density at radius 2 is 2.08 bits per heavy atom. The molecule has 3 N–H and O–H groups in total. The third-order valence-corrected chi connectivity index (χ3v) is 6.22. The first-order chi connectivity index (χ1) is 11.9. The topological polar surface area (TPSA) is 112 Å². The van der Waals surface area contributed by atoms with E-state index in [9.17, 15) is 13.2 Å². The molecule has 2 aliphatic rings. The van der Waals surface area contributed by atoms with Crippen molar-refractivity contribution >= 4 is 21.8 Å². The molecule has 2 fully saturated rings. The summed E-state index contributed by atoms with van der Waals surface area (Å²) in [5.41, 5.74) is 0. The van der Waals surface area contributed by atoms with E-state index in [4.69, 9.17) is 5.11 Å². The predicted molar refractivity (Wildman–Crippen MR) is 92.8 cm³/mol. The zero-order valence-corrected chi connectivity index (χ0v) is 15.0. The van der Waals surface area contributed by atoms with Gasteiger partial charge in [-0.1, -0.05) is 0 Å². The highest BCUT2D eigenvalue weighted by atomic mass is 32.2. The van der Waals surface area contributed by atoms with E-state index >= 15 is 0 Å². The van der Waals surface area contributed by atoms with Crippen LogP contribution in [0.1, 0.15) is 25.7 Å². The fourth-order valence-corrected chi connectivity index (χ4v) is 3.78. The van der Waals surface area contributed by atoms with Crippen LogP contribution in [-0.4, -0.2) is 61.6 Å². The third kappa shape index (κ3) is 4.68. The third-order valence-electron chi connectivity index (χ3n) is 4.82. The van der Waals surface area contributed by atoms with Gasteiger partial charge in [-0.15, -0.1) is 0 Å². The summed E-state index contributed by atoms with van der Waals surface area (Å²) >= 11 is 0. The van der Waals surface area contributed by atoms with Crippen LogP contribution in [0.4, 0.5) is 5.82 Å². The monoisotopic (exact) mass is 368 g/mol. The molecule has 0 amide bonds. The Kier molecular flexibility index (Phi) is 5.26. The molecule has 8 nitrogen and oxygen atoms in total. The largest absolute Gasteiger partial charge is 0.480 e. The van der Waals surface area contributed by atoms with Crippen LogP contribution in [-0.2, 0) is 14.8 Å². The first kappa shape index (κ1) is 18.1. The van der Waals surface area contributed by atoms with Gasteiger partial charge in [0.2, 0.25) is 10.0 Å². The number of pyridine rings is 1. The quantitative estimate of drug-likeness (QED) is 0.589. The lowest BCUT2D eigenvalue weighted by Gasteiger charge is -2.43. The number of anilines is 1. The van der Waals surface area contributed by atoms with Crippen molar-refractivity contribution in [3.8, 4) is 0 Å². The van der Waals surface area contributed by atoms with E-state index in [1.54, 1.807) is 6.07 Å². The van der Waals surface area contributed by atoms with E-state index in [1.807, 2.05) is 0 Å². The number of aliphatic carboxylic acids is 1. The molecule has 1 aromatic rings. The maximum atomic E-state index is 11.7. The van der Waals surface area contributed by atoms with Gasteiger partial charge in [-0.3, -0.25) is 9.69 Å². The molecular weight excluding hydrogens is 344 g/mol. The van der Waals surface area contributed by atoms with Crippen LogP contribution in [0.2, 0.25) is 0 Å². The first-order valence-corrected chi connectivity index (χ1v) is 9.97. The van der Waals surface area contributed by atoms with Crippen LogP contribution >= 0.6 is 0 Å². The highest BCUT2D eigenvalue weighted by molar-refractivity contribution is 7.89. The molecule has 0 bridgehead atoms. The van der Waals surface area contributed by atoms with Crippen molar-refractivity contribution in [2.45, 2.75) is 42.7 Å². The number of hydrogen-bond acceptors (Lipinski definition) is 6. The summed E-state index contributed by atoms with van der Waals surface area (Å²) in [4.78, 5) is 17.4. The number of carboxylic acids is 1. The molecule has 2 aliphatic carbocycles. The summed E-state index contributed by atoms with van der Waals surface area (Å²) in [7, 11) is -2.11. The van der Waals surface area contributed by atoms with Crippen LogP contribution in [0.3, 0.4) is 0 Å². The van der Waals surface area contributed by atoms with Crippen LogP contribution in [0.25, 0.3) is 0 Å². The van der Waals surface area contributed by atoms with E-state index in [2.05, 4.69) is 19.9 Å². The molecule has 2 saturated carbocycles. The molecule has 0 spiro atoms. The minimum Gasteiger partial charge on any atom is -0.480 e. The maximum Gasteiger partial charge on any atom is 0.317 e. The van der Waals surface area contributed by atoms with Gasteiger partial charge in [0, 0.05) is 24.8 Å². The van der Waals surface area contributed by atoms with Crippen molar-refractivity contribution in [3.05, 3.63) is 18.3 Å². The van der Waals surface area contributed by atoms with Crippen LogP contribution < -0.4 is 10.0 Å². The zero-order chi connectivity index (χ0) is 18.0. The number of aromatic nitrogens is 1. The second-order valence-electron chi connectivity index (χ2n) is 6.82. The molecule has 138 valence electrons. The lowest BCUT2D eigenvalue weighted by Crippen LogP contribution is -2.52. The summed E-state index contributed by atoms with van der Waals surface area (Å²) in [5.74, 6) is 0.514. The van der Waals surface area contributed by atoms with Crippen LogP contribution in [0.15, 0.2) is 23.2 Å². The van der Waals surface area contributed by atoms with E-state index in [0.717, 1.165) is 19.4 Å². The Labute approximate surface area is 147 Å². The Bertz CT molecular complexity index is 712. The number of nitrogens with one attached hydrogen (secondary N) is 2. The van der Waals surface area contributed by atoms with Gasteiger partial charge >= 0.3 is 5.97 Å². The molecule has 3 rings (SSSR count). The summed E-state index contributed by atoms with van der Waals surface area (Å²) in [6.45, 7) is 0.973. The molecular formula is C16H24N4O4S. The molecule has 1 aromatic heterocycles. The normalized spacial score (nSPS) is 23.3. The molecule has 0 unspecified atom stereocenters. The highest BCUT2D eigenvalue weighted by Gasteiger charge is 2.37. The maximum absolute atomic E-state index is 11.7. The molecule has 0 atom stereocenters. The summed E-state index contributed by atoms with van der Waals surface area (Å²) < 4.78 is 25.6. The van der Waals surface area contributed by atoms with Gasteiger partial charge in [-0.2, -0.15) is 0 Å². The Balaban J connectivity index is 1.51. The van der Waals surface area contributed by atoms with E-state index in [0.29, 0.717) is 11.7 Å². The standard InChI is InChI=1S/C16H24N4O4S/c1-17-25(23,24)14-4-5-15(18-8-14)19-12-6-13(7-12)20(10-16(21)22)9-11-2-3-11/h4-5,8,11-13,17H,2-3,6-7,9-10H2,1H3,(H,18,19)(H,21,22). The second-order valence-corrected chi connectivity index (χ2v) is 8.71. The number of sulfonamides is 1. The second kappa shape index (κ2) is 7.27. The summed E-state index contributed by atoms with van der Waals surface area (Å²) in [6.07, 6.45) is 5.48. The minimum atomic E-state index is -3.47. The van der Waals surface area contributed by atoms with Crippen molar-refractivity contribution < 1.29 is 18.3 Å². The van der Waals surface area contributed by atoms with Crippen LogP contribution in [0.5, 0.6) is 0 Å². The summed E-state index contributed by atoms with van der Waals surface area (Å²) in [5, 5.41) is 12.4. The number of rotatable bonds is 9. The van der Waals surface area contributed by atoms with E-state index < -0.39 is 16.0 Å². The Morgan fingerprint density at radius 1 is 1.36 bits per heavy atom. The molecule has 25 heavy (non-hydrogen) atoms. The van der Waals surface area contributed by atoms with Crippen molar-refractivity contribution in [1.29, 1.82) is 0 Å². The predicted octanol–water partition coefficient (Wildman–Crippen LogP) is 0.729. The van der Waals surface area contributed by atoms with Gasteiger partial charge in [0.25, 0.3) is 0 Å². The van der Waals surface area contributed by atoms with Gasteiger partial charge in [0.1, 0.15) is 10.7 Å². The van der Waals surface area contributed by atoms with Gasteiger partial charge in [0.15, 0.2) is 0 Å². The zero-order valence-electron chi connectivity index (χ0n) is 14.2. The first-order valence-electron chi connectivity index (χ1n) is 8.49. The average Bonchev–Trinajstić information content (AvgIpc) is 3.34. The molecule has 0 aliphatic heterocycles. The Hall–Kier alpha value is -1.71. The van der Waals surface area contributed by atoms with Gasteiger partial charge < -0.3 is 10.4 Å². The fourth-order valence-electron chi connectivity index (χ4n) is 3.10. The van der Waals surface area contributed by atoms with Gasteiger partial charge in [0.05, 0.1) is 6.54 Å². The smallest absolute Gasteiger partial charge is 0.317 e. The van der Waals surface area contributed by atoms with E-state index in [-0.39, 0.29) is 23.5 Å². The van der Waals surface area contributed by atoms with Gasteiger partial charge in [-0.25, -0.2) is 18.1 Å². The van der Waals surface area contributed by atoms with Crippen molar-refractivity contribution in [2.75, 3.05) is 25.5 Å².